The maximum atomic E-state index is 14.0. The lowest BCUT2D eigenvalue weighted by molar-refractivity contribution is -0.139. The predicted molar refractivity (Wildman–Crippen MR) is 161 cm³/mol. The highest BCUT2D eigenvalue weighted by atomic mass is 35.5. The van der Waals surface area contributed by atoms with Crippen LogP contribution in [0, 0.1) is 13.8 Å². The smallest absolute Gasteiger partial charge is 0.264 e. The molecule has 1 N–H and O–H groups in total. The van der Waals surface area contributed by atoms with Crippen LogP contribution in [0.25, 0.3) is 0 Å². The van der Waals surface area contributed by atoms with Crippen LogP contribution < -0.4 is 9.62 Å². The molecule has 3 rings (SSSR count). The first kappa shape index (κ1) is 31.5. The van der Waals surface area contributed by atoms with Gasteiger partial charge in [0.05, 0.1) is 10.6 Å². The van der Waals surface area contributed by atoms with Gasteiger partial charge < -0.3 is 10.2 Å². The fourth-order valence-corrected chi connectivity index (χ4v) is 5.98. The molecule has 0 heterocycles. The highest BCUT2D eigenvalue weighted by Gasteiger charge is 2.33. The third kappa shape index (κ3) is 7.56. The molecule has 40 heavy (non-hydrogen) atoms. The van der Waals surface area contributed by atoms with Gasteiger partial charge in [-0.3, -0.25) is 13.9 Å². The molecule has 1 atom stereocenters. The largest absolute Gasteiger partial charge is 0.354 e. The number of hydrogen-bond acceptors (Lipinski definition) is 4. The Morgan fingerprint density at radius 1 is 0.925 bits per heavy atom. The Balaban J connectivity index is 2.05. The van der Waals surface area contributed by atoms with E-state index in [1.807, 2.05) is 13.8 Å². The molecule has 0 aromatic heterocycles. The van der Waals surface area contributed by atoms with Crippen LogP contribution in [0.2, 0.25) is 10.0 Å². The van der Waals surface area contributed by atoms with Crippen molar-refractivity contribution in [2.75, 3.05) is 17.4 Å². The van der Waals surface area contributed by atoms with Crippen LogP contribution in [-0.4, -0.2) is 44.3 Å². The molecule has 0 aliphatic heterocycles. The van der Waals surface area contributed by atoms with Gasteiger partial charge in [0.2, 0.25) is 11.8 Å². The lowest BCUT2D eigenvalue weighted by Crippen LogP contribution is -2.51. The van der Waals surface area contributed by atoms with E-state index < -0.39 is 28.5 Å². The molecule has 3 aromatic carbocycles. The zero-order valence-corrected chi connectivity index (χ0v) is 25.5. The van der Waals surface area contributed by atoms with E-state index in [-0.39, 0.29) is 23.0 Å². The second-order valence-electron chi connectivity index (χ2n) is 9.64. The maximum Gasteiger partial charge on any atom is 0.264 e. The minimum absolute atomic E-state index is 0.0216. The van der Waals surface area contributed by atoms with Gasteiger partial charge in [0.15, 0.2) is 0 Å². The van der Waals surface area contributed by atoms with Crippen molar-refractivity contribution in [1.29, 1.82) is 0 Å². The lowest BCUT2D eigenvalue weighted by atomic mass is 10.1. The van der Waals surface area contributed by atoms with Crippen LogP contribution in [0.5, 0.6) is 0 Å². The molecular weight excluding hydrogens is 569 g/mol. The van der Waals surface area contributed by atoms with Crippen LogP contribution in [0.3, 0.4) is 0 Å². The molecule has 3 aromatic rings. The molecule has 0 spiro atoms. The maximum absolute atomic E-state index is 14.0. The SMILES string of the molecule is CCCCNC(=O)[C@H](C)N(Cc1ccccc1Cl)C(=O)CN(c1cccc(Cl)c1C)S(=O)(=O)c1ccc(C)cc1. The number of aryl methyl sites for hydroxylation is 1. The van der Waals surface area contributed by atoms with Gasteiger partial charge in [-0.1, -0.05) is 78.5 Å². The fourth-order valence-electron chi connectivity index (χ4n) is 4.15. The summed E-state index contributed by atoms with van der Waals surface area (Å²) in [6, 6.07) is 17.5. The normalized spacial score (nSPS) is 12.1. The van der Waals surface area contributed by atoms with Gasteiger partial charge in [-0.15, -0.1) is 0 Å². The molecular formula is C30H35Cl2N3O4S. The summed E-state index contributed by atoms with van der Waals surface area (Å²) in [6.45, 7) is 7.15. The molecule has 10 heteroatoms. The number of sulfonamides is 1. The van der Waals surface area contributed by atoms with Gasteiger partial charge in [0, 0.05) is 23.1 Å². The third-order valence-corrected chi connectivity index (χ3v) is 9.24. The van der Waals surface area contributed by atoms with Crippen molar-refractivity contribution < 1.29 is 18.0 Å². The molecule has 214 valence electrons. The van der Waals surface area contributed by atoms with Gasteiger partial charge in [-0.05, 0) is 68.7 Å². The summed E-state index contributed by atoms with van der Waals surface area (Å²) in [5.74, 6) is -0.895. The fraction of sp³-hybridized carbons (Fsp3) is 0.333. The Labute approximate surface area is 247 Å². The highest BCUT2D eigenvalue weighted by molar-refractivity contribution is 7.92. The van der Waals surface area contributed by atoms with Gasteiger partial charge in [0.25, 0.3) is 10.0 Å². The Morgan fingerprint density at radius 3 is 2.23 bits per heavy atom. The van der Waals surface area contributed by atoms with Crippen molar-refractivity contribution in [2.45, 2.75) is 58.0 Å². The van der Waals surface area contributed by atoms with Gasteiger partial charge in [0.1, 0.15) is 12.6 Å². The van der Waals surface area contributed by atoms with Crippen LogP contribution in [0.15, 0.2) is 71.6 Å². The van der Waals surface area contributed by atoms with E-state index in [9.17, 15) is 18.0 Å². The Bertz CT molecular complexity index is 1450. The first-order valence-electron chi connectivity index (χ1n) is 13.1. The number of carbonyl (C=O) groups excluding carboxylic acids is 2. The third-order valence-electron chi connectivity index (χ3n) is 6.69. The van der Waals surface area contributed by atoms with Crippen LogP contribution in [0.4, 0.5) is 5.69 Å². The number of halogens is 2. The first-order chi connectivity index (χ1) is 19.0. The summed E-state index contributed by atoms with van der Waals surface area (Å²) in [5, 5.41) is 3.67. The monoisotopic (exact) mass is 603 g/mol. The quantitative estimate of drug-likeness (QED) is 0.252. The number of amides is 2. The second-order valence-corrected chi connectivity index (χ2v) is 12.3. The van der Waals surface area contributed by atoms with E-state index in [4.69, 9.17) is 23.2 Å². The van der Waals surface area contributed by atoms with Crippen molar-refractivity contribution in [3.8, 4) is 0 Å². The minimum atomic E-state index is -4.18. The van der Waals surface area contributed by atoms with Crippen LogP contribution in [-0.2, 0) is 26.2 Å². The van der Waals surface area contributed by atoms with Crippen LogP contribution in [0.1, 0.15) is 43.4 Å². The molecule has 0 saturated heterocycles. The summed E-state index contributed by atoms with van der Waals surface area (Å²) < 4.78 is 29.0. The zero-order valence-electron chi connectivity index (χ0n) is 23.2. The van der Waals surface area contributed by atoms with Crippen molar-refractivity contribution >= 4 is 50.7 Å². The number of anilines is 1. The van der Waals surface area contributed by atoms with E-state index >= 15 is 0 Å². The lowest BCUT2D eigenvalue weighted by Gasteiger charge is -2.32. The topological polar surface area (TPSA) is 86.8 Å². The number of hydrogen-bond donors (Lipinski definition) is 1. The van der Waals surface area contributed by atoms with Gasteiger partial charge in [-0.2, -0.15) is 0 Å². The first-order valence-corrected chi connectivity index (χ1v) is 15.3. The van der Waals surface area contributed by atoms with E-state index in [1.165, 1.54) is 17.0 Å². The van der Waals surface area contributed by atoms with Crippen molar-refractivity contribution in [1.82, 2.24) is 10.2 Å². The summed E-state index contributed by atoms with van der Waals surface area (Å²) in [6.07, 6.45) is 1.70. The average Bonchev–Trinajstić information content (AvgIpc) is 2.92. The summed E-state index contributed by atoms with van der Waals surface area (Å²) in [4.78, 5) is 28.5. The number of unbranched alkanes of at least 4 members (excludes halogenated alkanes) is 1. The average molecular weight is 605 g/mol. The van der Waals surface area contributed by atoms with Gasteiger partial charge in [-0.25, -0.2) is 8.42 Å². The van der Waals surface area contributed by atoms with E-state index in [0.717, 1.165) is 22.7 Å². The van der Waals surface area contributed by atoms with E-state index in [0.29, 0.717) is 27.7 Å². The van der Waals surface area contributed by atoms with Crippen LogP contribution >= 0.6 is 23.2 Å². The predicted octanol–water partition coefficient (Wildman–Crippen LogP) is 6.14. The number of nitrogens with one attached hydrogen (secondary N) is 1. The molecule has 2 amide bonds. The van der Waals surface area contributed by atoms with Crippen molar-refractivity contribution in [3.63, 3.8) is 0 Å². The zero-order chi connectivity index (χ0) is 29.4. The minimum Gasteiger partial charge on any atom is -0.354 e. The second kappa shape index (κ2) is 14.0. The molecule has 0 aliphatic carbocycles. The molecule has 0 bridgehead atoms. The van der Waals surface area contributed by atoms with E-state index in [1.54, 1.807) is 68.4 Å². The molecule has 0 aliphatic rings. The molecule has 0 fully saturated rings. The number of carbonyl (C=O) groups is 2. The Hall–Kier alpha value is -3.07. The Kier molecular flexibility index (Phi) is 11.0. The summed E-state index contributed by atoms with van der Waals surface area (Å²) in [5.41, 5.74) is 2.32. The Morgan fingerprint density at radius 2 is 1.57 bits per heavy atom. The number of nitrogens with zero attached hydrogens (tertiary/aromatic N) is 2. The highest BCUT2D eigenvalue weighted by Crippen LogP contribution is 2.31. The van der Waals surface area contributed by atoms with E-state index in [2.05, 4.69) is 5.32 Å². The summed E-state index contributed by atoms with van der Waals surface area (Å²) in [7, 11) is -4.18. The molecule has 0 unspecified atom stereocenters. The number of rotatable bonds is 12. The standard InChI is InChI=1S/C30H35Cl2N3O4S/c1-5-6-18-33-30(37)23(4)34(19-24-10-7-8-11-27(24)32)29(36)20-35(28-13-9-12-26(31)22(28)3)40(38,39)25-16-14-21(2)15-17-25/h7-17,23H,5-6,18-20H2,1-4H3,(H,33,37)/t23-/m0/s1. The molecule has 0 radical (unpaired) electrons. The van der Waals surface area contributed by atoms with Crippen molar-refractivity contribution in [3.05, 3.63) is 93.5 Å². The molecule has 0 saturated carbocycles. The van der Waals surface area contributed by atoms with Gasteiger partial charge >= 0.3 is 0 Å². The number of benzene rings is 3. The molecule has 7 nitrogen and oxygen atoms in total. The van der Waals surface area contributed by atoms with Crippen molar-refractivity contribution in [2.24, 2.45) is 0 Å². The summed E-state index contributed by atoms with van der Waals surface area (Å²) >= 11 is 12.8.